The van der Waals surface area contributed by atoms with Gasteiger partial charge in [-0.1, -0.05) is 11.6 Å². The van der Waals surface area contributed by atoms with Gasteiger partial charge in [0, 0.05) is 12.1 Å². The Morgan fingerprint density at radius 2 is 1.93 bits per heavy atom. The molecule has 1 heterocycles. The van der Waals surface area contributed by atoms with Crippen LogP contribution in [0, 0.1) is 6.92 Å². The first-order valence-corrected chi connectivity index (χ1v) is 4.58. The van der Waals surface area contributed by atoms with E-state index in [0.717, 1.165) is 6.08 Å². The van der Waals surface area contributed by atoms with Gasteiger partial charge in [0.15, 0.2) is 5.78 Å². The highest BCUT2D eigenvalue weighted by molar-refractivity contribution is 6.48. The molecule has 0 fully saturated rings. The molecule has 0 atom stereocenters. The van der Waals surface area contributed by atoms with Gasteiger partial charge in [0.2, 0.25) is 11.3 Å². The van der Waals surface area contributed by atoms with Gasteiger partial charge >= 0.3 is 0 Å². The second-order valence-electron chi connectivity index (χ2n) is 3.25. The number of nitrogens with one attached hydrogen (secondary N) is 1. The molecule has 0 aromatic carbocycles. The van der Waals surface area contributed by atoms with E-state index in [4.69, 9.17) is 11.6 Å². The predicted octanol–water partition coefficient (Wildman–Crippen LogP) is 1.19. The van der Waals surface area contributed by atoms with E-state index in [0.29, 0.717) is 5.56 Å². The van der Waals surface area contributed by atoms with Crippen molar-refractivity contribution < 1.29 is 9.59 Å². The molecule has 0 unspecified atom stereocenters. The number of fused-ring (bicyclic) bond motifs is 1. The molecular weight excluding hydrogens is 218 g/mol. The van der Waals surface area contributed by atoms with Gasteiger partial charge in [-0.3, -0.25) is 14.4 Å². The number of aromatic amines is 1. The summed E-state index contributed by atoms with van der Waals surface area (Å²) in [5.41, 5.74) is 0.271. The third-order valence-corrected chi connectivity index (χ3v) is 2.47. The average molecular weight is 224 g/mol. The van der Waals surface area contributed by atoms with Crippen molar-refractivity contribution in [3.8, 4) is 0 Å². The molecular formula is C10H6ClNO3. The fraction of sp³-hybridized carbons (Fsp3) is 0.100. The van der Waals surface area contributed by atoms with E-state index in [1.54, 1.807) is 6.92 Å². The minimum Gasteiger partial charge on any atom is -0.319 e. The molecule has 1 aromatic heterocycles. The summed E-state index contributed by atoms with van der Waals surface area (Å²) in [6.07, 6.45) is 1.07. The van der Waals surface area contributed by atoms with Crippen LogP contribution >= 0.6 is 11.6 Å². The molecule has 2 rings (SSSR count). The van der Waals surface area contributed by atoms with Crippen LogP contribution in [0.2, 0.25) is 0 Å². The van der Waals surface area contributed by atoms with Crippen molar-refractivity contribution in [3.05, 3.63) is 44.3 Å². The summed E-state index contributed by atoms with van der Waals surface area (Å²) in [5.74, 6) is -0.879. The van der Waals surface area contributed by atoms with Crippen LogP contribution < -0.4 is 5.56 Å². The second kappa shape index (κ2) is 3.17. The van der Waals surface area contributed by atoms with Crippen LogP contribution in [0.15, 0.2) is 22.0 Å². The molecule has 0 amide bonds. The largest absolute Gasteiger partial charge is 0.319 e. The summed E-state index contributed by atoms with van der Waals surface area (Å²) in [5, 5.41) is -0.172. The first kappa shape index (κ1) is 9.86. The highest BCUT2D eigenvalue weighted by Crippen LogP contribution is 2.22. The summed E-state index contributed by atoms with van der Waals surface area (Å²) in [4.78, 5) is 36.5. The highest BCUT2D eigenvalue weighted by Gasteiger charge is 2.26. The van der Waals surface area contributed by atoms with E-state index in [1.165, 1.54) is 6.07 Å². The lowest BCUT2D eigenvalue weighted by Gasteiger charge is -2.12. The number of hydrogen-bond acceptors (Lipinski definition) is 3. The summed E-state index contributed by atoms with van der Waals surface area (Å²) < 4.78 is 0. The van der Waals surface area contributed by atoms with E-state index in [-0.39, 0.29) is 22.1 Å². The van der Waals surface area contributed by atoms with E-state index in [1.807, 2.05) is 0 Å². The number of allylic oxidation sites excluding steroid dienone is 2. The number of pyridine rings is 1. The summed E-state index contributed by atoms with van der Waals surface area (Å²) in [6, 6.07) is 1.27. The first-order valence-electron chi connectivity index (χ1n) is 4.21. The van der Waals surface area contributed by atoms with E-state index in [9.17, 15) is 14.4 Å². The molecule has 0 aliphatic heterocycles. The molecule has 15 heavy (non-hydrogen) atoms. The number of ketones is 2. The van der Waals surface area contributed by atoms with Crippen LogP contribution in [-0.4, -0.2) is 16.6 Å². The Bertz CT molecular complexity index is 569. The van der Waals surface area contributed by atoms with E-state index < -0.39 is 11.3 Å². The van der Waals surface area contributed by atoms with Crippen LogP contribution in [0.3, 0.4) is 0 Å². The van der Waals surface area contributed by atoms with Crippen LogP contribution in [0.25, 0.3) is 0 Å². The summed E-state index contributed by atoms with van der Waals surface area (Å²) in [7, 11) is 0. The molecule has 5 heteroatoms. The van der Waals surface area contributed by atoms with Gasteiger partial charge in [-0.15, -0.1) is 0 Å². The lowest BCUT2D eigenvalue weighted by molar-refractivity contribution is 0.0986. The Kier molecular flexibility index (Phi) is 2.08. The van der Waals surface area contributed by atoms with Crippen LogP contribution in [-0.2, 0) is 0 Å². The fourth-order valence-corrected chi connectivity index (χ4v) is 1.74. The summed E-state index contributed by atoms with van der Waals surface area (Å²) >= 11 is 5.56. The normalized spacial score (nSPS) is 14.9. The molecule has 76 valence electrons. The van der Waals surface area contributed by atoms with Crippen LogP contribution in [0.5, 0.6) is 0 Å². The molecule has 0 saturated heterocycles. The van der Waals surface area contributed by atoms with Crippen molar-refractivity contribution in [2.75, 3.05) is 0 Å². The van der Waals surface area contributed by atoms with Gasteiger partial charge in [-0.25, -0.2) is 0 Å². The molecule has 1 aliphatic carbocycles. The molecule has 0 saturated carbocycles. The first-order chi connectivity index (χ1) is 7.00. The molecule has 0 spiro atoms. The second-order valence-corrected chi connectivity index (χ2v) is 3.66. The van der Waals surface area contributed by atoms with E-state index in [2.05, 4.69) is 4.98 Å². The number of carbonyl (C=O) groups is 2. The van der Waals surface area contributed by atoms with Crippen molar-refractivity contribution in [1.29, 1.82) is 0 Å². The molecule has 1 aliphatic rings. The molecule has 1 N–H and O–H groups in total. The lowest BCUT2D eigenvalue weighted by Crippen LogP contribution is -2.23. The Balaban J connectivity index is 2.83. The van der Waals surface area contributed by atoms with Crippen LogP contribution in [0.4, 0.5) is 0 Å². The fourth-order valence-electron chi connectivity index (χ4n) is 1.55. The number of carbonyl (C=O) groups excluding carboxylic acids is 2. The van der Waals surface area contributed by atoms with Crippen LogP contribution in [0.1, 0.15) is 26.4 Å². The third-order valence-electron chi connectivity index (χ3n) is 2.19. The molecule has 0 bridgehead atoms. The molecule has 0 radical (unpaired) electrons. The Morgan fingerprint density at radius 1 is 1.27 bits per heavy atom. The number of H-pyrrole nitrogens is 1. The minimum atomic E-state index is -0.521. The Morgan fingerprint density at radius 3 is 2.60 bits per heavy atom. The minimum absolute atomic E-state index is 0.0162. The number of rotatable bonds is 0. The smallest absolute Gasteiger partial charge is 0.248 e. The highest BCUT2D eigenvalue weighted by atomic mass is 35.5. The SMILES string of the molecule is Cc1cc(=O)[nH]c2c1C(=O)C=C(Cl)C2=O. The Labute approximate surface area is 89.6 Å². The number of Topliss-reactive ketones (excluding diaryl/α,β-unsaturated/α-hetero) is 1. The zero-order valence-electron chi connectivity index (χ0n) is 7.76. The maximum absolute atomic E-state index is 11.5. The van der Waals surface area contributed by atoms with Gasteiger partial charge in [0.05, 0.1) is 10.6 Å². The van der Waals surface area contributed by atoms with Gasteiger partial charge in [0.1, 0.15) is 5.69 Å². The maximum Gasteiger partial charge on any atom is 0.248 e. The molecule has 4 nitrogen and oxygen atoms in total. The zero-order valence-corrected chi connectivity index (χ0v) is 8.51. The lowest BCUT2D eigenvalue weighted by atomic mass is 9.96. The van der Waals surface area contributed by atoms with Gasteiger partial charge in [-0.05, 0) is 12.5 Å². The number of hydrogen-bond donors (Lipinski definition) is 1. The topological polar surface area (TPSA) is 67.0 Å². The number of aryl methyl sites for hydroxylation is 1. The van der Waals surface area contributed by atoms with Crippen molar-refractivity contribution in [2.24, 2.45) is 0 Å². The molecule has 1 aromatic rings. The zero-order chi connectivity index (χ0) is 11.2. The van der Waals surface area contributed by atoms with Gasteiger partial charge in [0.25, 0.3) is 0 Å². The Hall–Kier alpha value is -1.68. The number of aromatic nitrogens is 1. The predicted molar refractivity (Wildman–Crippen MR) is 54.4 cm³/mol. The van der Waals surface area contributed by atoms with Crippen molar-refractivity contribution in [3.63, 3.8) is 0 Å². The summed E-state index contributed by atoms with van der Waals surface area (Å²) in [6.45, 7) is 1.60. The quantitative estimate of drug-likeness (QED) is 0.718. The van der Waals surface area contributed by atoms with Crippen molar-refractivity contribution in [2.45, 2.75) is 6.92 Å². The maximum atomic E-state index is 11.5. The van der Waals surface area contributed by atoms with Crippen molar-refractivity contribution >= 4 is 23.2 Å². The number of halogens is 1. The standard InChI is InChI=1S/C10H6ClNO3/c1-4-2-7(14)12-9-8(4)6(13)3-5(11)10(9)15/h2-3H,1H3,(H,12,14). The third kappa shape index (κ3) is 1.43. The average Bonchev–Trinajstić information content (AvgIpc) is 2.12. The monoisotopic (exact) mass is 223 g/mol. The van der Waals surface area contributed by atoms with E-state index >= 15 is 0 Å². The van der Waals surface area contributed by atoms with Gasteiger partial charge < -0.3 is 4.98 Å². The van der Waals surface area contributed by atoms with Gasteiger partial charge in [-0.2, -0.15) is 0 Å². The van der Waals surface area contributed by atoms with Crippen molar-refractivity contribution in [1.82, 2.24) is 4.98 Å².